The van der Waals surface area contributed by atoms with Crippen molar-refractivity contribution in [2.45, 2.75) is 45.8 Å². The predicted octanol–water partition coefficient (Wildman–Crippen LogP) is 4.88. The second kappa shape index (κ2) is 11.1. The first-order valence-corrected chi connectivity index (χ1v) is 12.6. The average molecular weight is 522 g/mol. The molecule has 1 aliphatic rings. The van der Waals surface area contributed by atoms with Crippen LogP contribution < -0.4 is 5.32 Å². The van der Waals surface area contributed by atoms with E-state index in [9.17, 15) is 9.59 Å². The third kappa shape index (κ3) is 6.36. The van der Waals surface area contributed by atoms with Crippen molar-refractivity contribution in [1.29, 1.82) is 0 Å². The molecule has 0 radical (unpaired) electrons. The predicted molar refractivity (Wildman–Crippen MR) is 141 cm³/mol. The smallest absolute Gasteiger partial charge is 0.276 e. The molecule has 0 atom stereocenters. The number of hydrogen-bond donors (Lipinski definition) is 1. The highest BCUT2D eigenvalue weighted by Crippen LogP contribution is 2.30. The monoisotopic (exact) mass is 521 g/mol. The summed E-state index contributed by atoms with van der Waals surface area (Å²) in [5.41, 5.74) is 0.784. The van der Waals surface area contributed by atoms with Crippen molar-refractivity contribution in [2.75, 3.05) is 18.4 Å². The largest absolute Gasteiger partial charge is 0.342 e. The van der Waals surface area contributed by atoms with E-state index in [0.29, 0.717) is 24.5 Å². The highest BCUT2D eigenvalue weighted by atomic mass is 35.5. The van der Waals surface area contributed by atoms with Crippen molar-refractivity contribution >= 4 is 29.2 Å². The molecule has 1 fully saturated rings. The molecule has 3 aromatic rings. The maximum Gasteiger partial charge on any atom is 0.276 e. The van der Waals surface area contributed by atoms with Gasteiger partial charge in [-0.15, -0.1) is 0 Å². The van der Waals surface area contributed by atoms with Gasteiger partial charge >= 0.3 is 0 Å². The number of amides is 2. The SMILES string of the molecule is Cc1cc(C#Cc2ccccc2)cnc1NC(=O)c1c(Cl)cnn1CC1(F)CCN(C(=O)C(C)C)CC1. The first-order chi connectivity index (χ1) is 17.6. The van der Waals surface area contributed by atoms with Gasteiger partial charge in [-0.25, -0.2) is 9.37 Å². The van der Waals surface area contributed by atoms with E-state index >= 15 is 4.39 Å². The summed E-state index contributed by atoms with van der Waals surface area (Å²) in [6.07, 6.45) is 3.24. The molecule has 0 unspecified atom stereocenters. The second-order valence-corrected chi connectivity index (χ2v) is 10.00. The summed E-state index contributed by atoms with van der Waals surface area (Å²) < 4.78 is 17.0. The summed E-state index contributed by atoms with van der Waals surface area (Å²) in [6, 6.07) is 11.4. The zero-order valence-corrected chi connectivity index (χ0v) is 21.8. The highest BCUT2D eigenvalue weighted by Gasteiger charge is 2.38. The molecule has 3 heterocycles. The van der Waals surface area contributed by atoms with Crippen LogP contribution in [0.4, 0.5) is 10.2 Å². The van der Waals surface area contributed by atoms with Crippen LogP contribution in [0.5, 0.6) is 0 Å². The molecule has 7 nitrogen and oxygen atoms in total. The third-order valence-corrected chi connectivity index (χ3v) is 6.62. The van der Waals surface area contributed by atoms with E-state index in [-0.39, 0.29) is 41.9 Å². The van der Waals surface area contributed by atoms with Crippen LogP contribution in [0.15, 0.2) is 48.8 Å². The number of piperidine rings is 1. The molecule has 1 aliphatic heterocycles. The normalized spacial score (nSPS) is 14.7. The van der Waals surface area contributed by atoms with Crippen molar-refractivity contribution in [3.63, 3.8) is 0 Å². The van der Waals surface area contributed by atoms with Gasteiger partial charge in [0, 0.05) is 49.2 Å². The van der Waals surface area contributed by atoms with Crippen LogP contribution >= 0.6 is 11.6 Å². The quantitative estimate of drug-likeness (QED) is 0.485. The topological polar surface area (TPSA) is 80.1 Å². The Balaban J connectivity index is 1.44. The molecule has 1 aromatic carbocycles. The van der Waals surface area contributed by atoms with Crippen LogP contribution in [-0.4, -0.2) is 50.2 Å². The van der Waals surface area contributed by atoms with E-state index in [1.54, 1.807) is 11.1 Å². The Bertz CT molecular complexity index is 1350. The fourth-order valence-corrected chi connectivity index (χ4v) is 4.46. The molecule has 0 bridgehead atoms. The molecule has 37 heavy (non-hydrogen) atoms. The number of aromatic nitrogens is 3. The number of alkyl halides is 1. The lowest BCUT2D eigenvalue weighted by Crippen LogP contribution is -2.47. The molecular formula is C28H29ClFN5O2. The molecule has 1 N–H and O–H groups in total. The van der Waals surface area contributed by atoms with E-state index in [0.717, 1.165) is 11.1 Å². The Morgan fingerprint density at radius 2 is 1.81 bits per heavy atom. The van der Waals surface area contributed by atoms with Gasteiger partial charge in [-0.05, 0) is 30.7 Å². The number of pyridine rings is 1. The molecule has 2 aromatic heterocycles. The molecule has 4 rings (SSSR count). The number of halogens is 2. The van der Waals surface area contributed by atoms with E-state index < -0.39 is 11.6 Å². The number of likely N-dealkylation sites (tertiary alicyclic amines) is 1. The first kappa shape index (κ1) is 26.4. The van der Waals surface area contributed by atoms with Crippen LogP contribution in [-0.2, 0) is 11.3 Å². The van der Waals surface area contributed by atoms with Crippen LogP contribution in [0.1, 0.15) is 53.9 Å². The number of aryl methyl sites for hydroxylation is 1. The molecule has 9 heteroatoms. The van der Waals surface area contributed by atoms with Gasteiger partial charge in [0.15, 0.2) is 0 Å². The van der Waals surface area contributed by atoms with E-state index in [1.807, 2.05) is 57.2 Å². The van der Waals surface area contributed by atoms with Crippen LogP contribution in [0.3, 0.4) is 0 Å². The van der Waals surface area contributed by atoms with Gasteiger partial charge in [-0.3, -0.25) is 14.3 Å². The van der Waals surface area contributed by atoms with Gasteiger partial charge in [-0.1, -0.05) is 55.5 Å². The lowest BCUT2D eigenvalue weighted by atomic mass is 9.92. The molecule has 1 saturated heterocycles. The molecule has 192 valence electrons. The van der Waals surface area contributed by atoms with Crippen molar-refractivity contribution in [3.8, 4) is 11.8 Å². The Hall–Kier alpha value is -3.70. The number of carbonyl (C=O) groups excluding carboxylic acids is 2. The van der Waals surface area contributed by atoms with Crippen LogP contribution in [0.2, 0.25) is 5.02 Å². The summed E-state index contributed by atoms with van der Waals surface area (Å²) in [5.74, 6) is 5.86. The Labute approximate surface area is 221 Å². The maximum atomic E-state index is 15.7. The van der Waals surface area contributed by atoms with Gasteiger partial charge in [0.2, 0.25) is 5.91 Å². The Morgan fingerprint density at radius 1 is 1.14 bits per heavy atom. The van der Waals surface area contributed by atoms with Gasteiger partial charge < -0.3 is 10.2 Å². The number of benzene rings is 1. The van der Waals surface area contributed by atoms with Gasteiger partial charge in [0.1, 0.15) is 17.2 Å². The molecular weight excluding hydrogens is 493 g/mol. The number of nitrogens with one attached hydrogen (secondary N) is 1. The number of nitrogens with zero attached hydrogens (tertiary/aromatic N) is 4. The lowest BCUT2D eigenvalue weighted by molar-refractivity contribution is -0.137. The average Bonchev–Trinajstić information content (AvgIpc) is 3.24. The summed E-state index contributed by atoms with van der Waals surface area (Å²) in [7, 11) is 0. The molecule has 0 saturated carbocycles. The maximum absolute atomic E-state index is 15.7. The molecule has 0 spiro atoms. The minimum Gasteiger partial charge on any atom is -0.342 e. The van der Waals surface area contributed by atoms with Crippen molar-refractivity contribution < 1.29 is 14.0 Å². The van der Waals surface area contributed by atoms with Crippen LogP contribution in [0, 0.1) is 24.7 Å². The minimum atomic E-state index is -1.61. The van der Waals surface area contributed by atoms with Crippen LogP contribution in [0.25, 0.3) is 0 Å². The fourth-order valence-electron chi connectivity index (χ4n) is 4.23. The summed E-state index contributed by atoms with van der Waals surface area (Å²) in [4.78, 5) is 31.4. The molecule has 0 aliphatic carbocycles. The van der Waals surface area contributed by atoms with E-state index in [4.69, 9.17) is 11.6 Å². The Morgan fingerprint density at radius 3 is 2.46 bits per heavy atom. The van der Waals surface area contributed by atoms with Gasteiger partial charge in [0.25, 0.3) is 5.91 Å². The fraction of sp³-hybridized carbons (Fsp3) is 0.357. The Kier molecular flexibility index (Phi) is 7.94. The standard InChI is InChI=1S/C28H29ClFN5O2/c1-19(2)27(37)34-13-11-28(30,12-14-34)18-35-24(23(29)17-32-35)26(36)33-25-20(3)15-22(16-31-25)10-9-21-7-5-4-6-8-21/h4-8,15-17,19H,11-14,18H2,1-3H3,(H,31,33,36). The zero-order chi connectivity index (χ0) is 26.6. The minimum absolute atomic E-state index is 0.0178. The van der Waals surface area contributed by atoms with Gasteiger partial charge in [0.05, 0.1) is 17.8 Å². The number of carbonyl (C=O) groups is 2. The van der Waals surface area contributed by atoms with Gasteiger partial charge in [-0.2, -0.15) is 5.10 Å². The third-order valence-electron chi connectivity index (χ3n) is 6.34. The number of hydrogen-bond acceptors (Lipinski definition) is 4. The summed E-state index contributed by atoms with van der Waals surface area (Å²) >= 11 is 6.27. The van der Waals surface area contributed by atoms with Crippen molar-refractivity contribution in [2.24, 2.45) is 5.92 Å². The summed E-state index contributed by atoms with van der Waals surface area (Å²) in [5, 5.41) is 7.04. The van der Waals surface area contributed by atoms with E-state index in [2.05, 4.69) is 27.2 Å². The number of rotatable bonds is 5. The highest BCUT2D eigenvalue weighted by molar-refractivity contribution is 6.34. The second-order valence-electron chi connectivity index (χ2n) is 9.59. The van der Waals surface area contributed by atoms with E-state index in [1.165, 1.54) is 10.9 Å². The lowest BCUT2D eigenvalue weighted by Gasteiger charge is -2.37. The van der Waals surface area contributed by atoms with Crippen molar-refractivity contribution in [3.05, 3.63) is 76.2 Å². The summed E-state index contributed by atoms with van der Waals surface area (Å²) in [6.45, 7) is 6.00. The zero-order valence-electron chi connectivity index (χ0n) is 21.1. The number of anilines is 1. The van der Waals surface area contributed by atoms with Crippen molar-refractivity contribution in [1.82, 2.24) is 19.7 Å². The first-order valence-electron chi connectivity index (χ1n) is 12.2. The molecule has 2 amide bonds.